The van der Waals surface area contributed by atoms with Crippen LogP contribution in [0.2, 0.25) is 0 Å². The van der Waals surface area contributed by atoms with Crippen molar-refractivity contribution >= 4 is 32.9 Å². The summed E-state index contributed by atoms with van der Waals surface area (Å²) in [6, 6.07) is 23.9. The van der Waals surface area contributed by atoms with Gasteiger partial charge in [-0.2, -0.15) is 0 Å². The van der Waals surface area contributed by atoms with Gasteiger partial charge in [-0.15, -0.1) is 0 Å². The lowest BCUT2D eigenvalue weighted by atomic mass is 9.99. The molecule has 0 bridgehead atoms. The smallest absolute Gasteiger partial charge is 0.251 e. The van der Waals surface area contributed by atoms with Gasteiger partial charge in [0.2, 0.25) is 0 Å². The van der Waals surface area contributed by atoms with E-state index in [2.05, 4.69) is 70.0 Å². The zero-order chi connectivity index (χ0) is 24.6. The number of rotatable bonds is 11. The number of aryl methyl sites for hydroxylation is 1. The highest BCUT2D eigenvalue weighted by atomic mass is 79.9. The number of fused-ring (bicyclic) bond motifs is 1. The molecule has 1 atom stereocenters. The van der Waals surface area contributed by atoms with E-state index < -0.39 is 0 Å². The van der Waals surface area contributed by atoms with Crippen LogP contribution in [-0.4, -0.2) is 22.1 Å². The lowest BCUT2D eigenvalue weighted by molar-refractivity contribution is 0.0949. The third kappa shape index (κ3) is 6.51. The van der Waals surface area contributed by atoms with Crippen LogP contribution in [0.25, 0.3) is 11.0 Å². The first-order valence-corrected chi connectivity index (χ1v) is 13.0. The number of carbonyl (C=O) groups excluding carboxylic acids is 1. The molecule has 0 aliphatic heterocycles. The fourth-order valence-corrected chi connectivity index (χ4v) is 4.33. The first-order valence-electron chi connectivity index (χ1n) is 12.3. The van der Waals surface area contributed by atoms with Gasteiger partial charge in [0.05, 0.1) is 24.2 Å². The van der Waals surface area contributed by atoms with Crippen LogP contribution in [0.3, 0.4) is 0 Å². The van der Waals surface area contributed by atoms with Crippen molar-refractivity contribution < 1.29 is 9.53 Å². The fourth-order valence-electron chi connectivity index (χ4n) is 4.06. The highest BCUT2D eigenvalue weighted by molar-refractivity contribution is 9.10. The summed E-state index contributed by atoms with van der Waals surface area (Å²) in [6.07, 6.45) is 3.03. The second-order valence-electron chi connectivity index (χ2n) is 8.79. The Morgan fingerprint density at radius 3 is 2.51 bits per heavy atom. The number of nitrogens with one attached hydrogen (secondary N) is 1. The molecule has 1 N–H and O–H groups in total. The Balaban J connectivity index is 1.33. The lowest BCUT2D eigenvalue weighted by Crippen LogP contribution is -2.24. The number of aromatic nitrogens is 2. The number of halogens is 1. The molecule has 5 nitrogen and oxygen atoms in total. The van der Waals surface area contributed by atoms with E-state index in [-0.39, 0.29) is 5.91 Å². The van der Waals surface area contributed by atoms with Gasteiger partial charge in [0.1, 0.15) is 11.6 Å². The maximum Gasteiger partial charge on any atom is 0.251 e. The number of hydrogen-bond acceptors (Lipinski definition) is 3. The van der Waals surface area contributed by atoms with Crippen LogP contribution >= 0.6 is 15.9 Å². The van der Waals surface area contributed by atoms with Crippen LogP contribution in [-0.2, 0) is 13.1 Å². The van der Waals surface area contributed by atoms with Gasteiger partial charge >= 0.3 is 0 Å². The normalized spacial score (nSPS) is 12.0. The zero-order valence-electron chi connectivity index (χ0n) is 20.3. The Labute approximate surface area is 215 Å². The van der Waals surface area contributed by atoms with Crippen molar-refractivity contribution in [1.82, 2.24) is 14.9 Å². The van der Waals surface area contributed by atoms with Crippen molar-refractivity contribution in [3.63, 3.8) is 0 Å². The Bertz CT molecular complexity index is 1250. The molecule has 1 amide bonds. The van der Waals surface area contributed by atoms with Gasteiger partial charge in [0.25, 0.3) is 5.91 Å². The molecule has 0 saturated heterocycles. The van der Waals surface area contributed by atoms with E-state index in [4.69, 9.17) is 9.72 Å². The third-order valence-corrected chi connectivity index (χ3v) is 6.88. The molecule has 0 aliphatic carbocycles. The number of benzene rings is 3. The minimum atomic E-state index is -0.108. The summed E-state index contributed by atoms with van der Waals surface area (Å²) in [4.78, 5) is 17.4. The standard InChI is InChI=1S/C29H32BrN3O2/c1-3-21(2)22-12-16-25(17-13-22)35-19-7-6-18-33-27-9-5-4-8-26(27)32-28(33)20-31-29(34)23-10-14-24(30)15-11-23/h4-5,8-17,21H,3,6-7,18-20H2,1-2H3,(H,31,34). The van der Waals surface area contributed by atoms with Crippen LogP contribution in [0.1, 0.15) is 60.8 Å². The van der Waals surface area contributed by atoms with Gasteiger partial charge in [0.15, 0.2) is 0 Å². The molecule has 0 radical (unpaired) electrons. The third-order valence-electron chi connectivity index (χ3n) is 6.35. The molecule has 0 fully saturated rings. The van der Waals surface area contributed by atoms with Crippen LogP contribution < -0.4 is 10.1 Å². The quantitative estimate of drug-likeness (QED) is 0.209. The highest BCUT2D eigenvalue weighted by Gasteiger charge is 2.12. The number of hydrogen-bond donors (Lipinski definition) is 1. The average Bonchev–Trinajstić information content (AvgIpc) is 3.24. The Morgan fingerprint density at radius 2 is 1.77 bits per heavy atom. The van der Waals surface area contributed by atoms with Gasteiger partial charge in [-0.25, -0.2) is 4.98 Å². The predicted octanol–water partition coefficient (Wildman–Crippen LogP) is 7.10. The minimum Gasteiger partial charge on any atom is -0.494 e. The maximum atomic E-state index is 12.6. The number of imidazole rings is 1. The molecular weight excluding hydrogens is 502 g/mol. The van der Waals surface area contributed by atoms with Crippen LogP contribution in [0.4, 0.5) is 0 Å². The molecule has 35 heavy (non-hydrogen) atoms. The molecular formula is C29H32BrN3O2. The van der Waals surface area contributed by atoms with E-state index in [1.54, 1.807) is 12.1 Å². The summed E-state index contributed by atoms with van der Waals surface area (Å²) in [7, 11) is 0. The molecule has 0 saturated carbocycles. The summed E-state index contributed by atoms with van der Waals surface area (Å²) < 4.78 is 9.12. The second kappa shape index (κ2) is 12.0. The van der Waals surface area contributed by atoms with Crippen molar-refractivity contribution in [2.75, 3.05) is 6.61 Å². The van der Waals surface area contributed by atoms with Crippen molar-refractivity contribution in [1.29, 1.82) is 0 Å². The van der Waals surface area contributed by atoms with Gasteiger partial charge < -0.3 is 14.6 Å². The summed E-state index contributed by atoms with van der Waals surface area (Å²) in [5.41, 5.74) is 4.01. The summed E-state index contributed by atoms with van der Waals surface area (Å²) in [5, 5.41) is 3.01. The van der Waals surface area contributed by atoms with Gasteiger partial charge in [-0.05, 0) is 79.3 Å². The molecule has 4 rings (SSSR count). The van der Waals surface area contributed by atoms with Crippen LogP contribution in [0, 0.1) is 0 Å². The second-order valence-corrected chi connectivity index (χ2v) is 9.71. The van der Waals surface area contributed by atoms with Crippen molar-refractivity contribution in [2.45, 2.75) is 52.1 Å². The molecule has 182 valence electrons. The van der Waals surface area contributed by atoms with E-state index in [0.29, 0.717) is 24.6 Å². The maximum absolute atomic E-state index is 12.6. The van der Waals surface area contributed by atoms with E-state index in [1.807, 2.05) is 30.3 Å². The van der Waals surface area contributed by atoms with Crippen molar-refractivity contribution in [3.05, 3.63) is 94.2 Å². The SMILES string of the molecule is CCC(C)c1ccc(OCCCCn2c(CNC(=O)c3ccc(Br)cc3)nc3ccccc32)cc1. The zero-order valence-corrected chi connectivity index (χ0v) is 21.9. The number of amides is 1. The van der Waals surface area contributed by atoms with E-state index >= 15 is 0 Å². The van der Waals surface area contributed by atoms with E-state index in [0.717, 1.165) is 52.9 Å². The first-order chi connectivity index (χ1) is 17.0. The first kappa shape index (κ1) is 25.0. The molecule has 0 spiro atoms. The number of unbranched alkanes of at least 4 members (excludes halogenated alkanes) is 1. The van der Waals surface area contributed by atoms with E-state index in [1.165, 1.54) is 5.56 Å². The van der Waals surface area contributed by atoms with Crippen molar-refractivity contribution in [3.8, 4) is 5.75 Å². The molecule has 0 aliphatic rings. The van der Waals surface area contributed by atoms with Gasteiger partial charge in [0, 0.05) is 16.6 Å². The molecule has 6 heteroatoms. The number of nitrogens with zero attached hydrogens (tertiary/aromatic N) is 2. The van der Waals surface area contributed by atoms with Gasteiger partial charge in [-0.3, -0.25) is 4.79 Å². The lowest BCUT2D eigenvalue weighted by Gasteiger charge is -2.12. The summed E-state index contributed by atoms with van der Waals surface area (Å²) in [5.74, 6) is 2.24. The van der Waals surface area contributed by atoms with Gasteiger partial charge in [-0.1, -0.05) is 54.0 Å². The molecule has 4 aromatic rings. The highest BCUT2D eigenvalue weighted by Crippen LogP contribution is 2.22. The number of ether oxygens (including phenoxy) is 1. The number of carbonyl (C=O) groups is 1. The molecule has 1 unspecified atom stereocenters. The molecule has 1 aromatic heterocycles. The predicted molar refractivity (Wildman–Crippen MR) is 145 cm³/mol. The topological polar surface area (TPSA) is 56.1 Å². The Kier molecular flexibility index (Phi) is 8.59. The average molecular weight is 534 g/mol. The monoisotopic (exact) mass is 533 g/mol. The fraction of sp³-hybridized carbons (Fsp3) is 0.310. The van der Waals surface area contributed by atoms with Crippen LogP contribution in [0.5, 0.6) is 5.75 Å². The molecule has 3 aromatic carbocycles. The number of para-hydroxylation sites is 2. The Morgan fingerprint density at radius 1 is 1.03 bits per heavy atom. The van der Waals surface area contributed by atoms with E-state index in [9.17, 15) is 4.79 Å². The minimum absolute atomic E-state index is 0.108. The summed E-state index contributed by atoms with van der Waals surface area (Å²) >= 11 is 3.40. The largest absolute Gasteiger partial charge is 0.494 e. The summed E-state index contributed by atoms with van der Waals surface area (Å²) in [6.45, 7) is 6.32. The molecule has 1 heterocycles. The Hall–Kier alpha value is -3.12. The van der Waals surface area contributed by atoms with Crippen molar-refractivity contribution in [2.24, 2.45) is 0 Å². The van der Waals surface area contributed by atoms with Crippen LogP contribution in [0.15, 0.2) is 77.3 Å².